The predicted octanol–water partition coefficient (Wildman–Crippen LogP) is 3.88. The first-order valence-electron chi connectivity index (χ1n) is 8.42. The number of aliphatic hydroxyl groups excluding tert-OH is 1. The molecule has 1 fully saturated rings. The largest absolute Gasteiger partial charge is 0.496 e. The summed E-state index contributed by atoms with van der Waals surface area (Å²) in [5.74, 6) is 1.12. The highest BCUT2D eigenvalue weighted by molar-refractivity contribution is 9.10. The number of hydrogen-bond donors (Lipinski definition) is 1. The second-order valence-corrected chi connectivity index (χ2v) is 7.41. The number of aliphatic hydroxyl groups is 1. The molecular formula is C20H24BrNO2. The zero-order chi connectivity index (χ0) is 16.9. The molecule has 3 rings (SSSR count). The van der Waals surface area contributed by atoms with Crippen LogP contribution in [0.5, 0.6) is 5.75 Å². The Bertz CT molecular complexity index is 662. The lowest BCUT2D eigenvalue weighted by molar-refractivity contribution is 0.0237. The maximum atomic E-state index is 10.5. The Morgan fingerprint density at radius 2 is 2.00 bits per heavy atom. The molecule has 2 aromatic rings. The van der Waals surface area contributed by atoms with Crippen LogP contribution in [0.15, 0.2) is 53.0 Å². The van der Waals surface area contributed by atoms with Crippen LogP contribution in [-0.2, 0) is 13.0 Å². The molecule has 24 heavy (non-hydrogen) atoms. The summed E-state index contributed by atoms with van der Waals surface area (Å²) in [7, 11) is 1.70. The average Bonchev–Trinajstić information content (AvgIpc) is 2.59. The lowest BCUT2D eigenvalue weighted by Crippen LogP contribution is -2.43. The molecule has 0 aromatic heterocycles. The van der Waals surface area contributed by atoms with Crippen LogP contribution in [-0.4, -0.2) is 36.3 Å². The molecule has 0 spiro atoms. The molecule has 2 unspecified atom stereocenters. The van der Waals surface area contributed by atoms with Crippen molar-refractivity contribution >= 4 is 15.9 Å². The van der Waals surface area contributed by atoms with Crippen molar-refractivity contribution in [2.45, 2.75) is 25.5 Å². The number of halogens is 1. The van der Waals surface area contributed by atoms with Crippen molar-refractivity contribution in [2.24, 2.45) is 5.92 Å². The van der Waals surface area contributed by atoms with Crippen molar-refractivity contribution in [3.05, 3.63) is 64.1 Å². The number of likely N-dealkylation sites (tertiary alicyclic amines) is 1. The molecule has 0 radical (unpaired) electrons. The minimum Gasteiger partial charge on any atom is -0.496 e. The first-order chi connectivity index (χ1) is 11.7. The zero-order valence-corrected chi connectivity index (χ0v) is 15.6. The molecule has 128 valence electrons. The quantitative estimate of drug-likeness (QED) is 0.841. The molecule has 2 aromatic carbocycles. The van der Waals surface area contributed by atoms with E-state index in [0.717, 1.165) is 48.3 Å². The van der Waals surface area contributed by atoms with Crippen molar-refractivity contribution in [3.8, 4) is 5.75 Å². The van der Waals surface area contributed by atoms with E-state index in [2.05, 4.69) is 51.2 Å². The summed E-state index contributed by atoms with van der Waals surface area (Å²) in [5, 5.41) is 10.5. The van der Waals surface area contributed by atoms with Gasteiger partial charge < -0.3 is 9.84 Å². The Balaban J connectivity index is 1.69. The molecule has 3 nitrogen and oxygen atoms in total. The number of nitrogens with zero attached hydrogens (tertiary/aromatic N) is 1. The Labute approximate surface area is 152 Å². The van der Waals surface area contributed by atoms with Gasteiger partial charge in [-0.2, -0.15) is 0 Å². The van der Waals surface area contributed by atoms with Crippen molar-refractivity contribution in [1.29, 1.82) is 0 Å². The summed E-state index contributed by atoms with van der Waals surface area (Å²) in [6, 6.07) is 16.6. The van der Waals surface area contributed by atoms with E-state index in [9.17, 15) is 5.11 Å². The van der Waals surface area contributed by atoms with Crippen LogP contribution in [0.1, 0.15) is 17.5 Å². The second kappa shape index (κ2) is 8.15. The topological polar surface area (TPSA) is 32.7 Å². The SMILES string of the molecule is COc1ccc(Br)cc1CC1CN(Cc2ccccc2)CCC1O. The molecule has 0 amide bonds. The number of hydrogen-bond acceptors (Lipinski definition) is 3. The molecule has 4 heteroatoms. The van der Waals surface area contributed by atoms with Gasteiger partial charge in [0.2, 0.25) is 0 Å². The maximum absolute atomic E-state index is 10.5. The van der Waals surface area contributed by atoms with Crippen LogP contribution in [0.3, 0.4) is 0 Å². The first kappa shape index (κ1) is 17.5. The van der Waals surface area contributed by atoms with Gasteiger partial charge in [0.25, 0.3) is 0 Å². The van der Waals surface area contributed by atoms with E-state index in [1.807, 2.05) is 18.2 Å². The standard InChI is InChI=1S/C20H24BrNO2/c1-24-20-8-7-18(21)12-16(20)11-17-14-22(10-9-19(17)23)13-15-5-3-2-4-6-15/h2-8,12,17,19,23H,9-11,13-14H2,1H3. The van der Waals surface area contributed by atoms with Gasteiger partial charge in [-0.3, -0.25) is 4.90 Å². The number of rotatable bonds is 5. The van der Waals surface area contributed by atoms with Gasteiger partial charge in [-0.1, -0.05) is 46.3 Å². The van der Waals surface area contributed by atoms with Crippen molar-refractivity contribution in [2.75, 3.05) is 20.2 Å². The van der Waals surface area contributed by atoms with E-state index >= 15 is 0 Å². The summed E-state index contributed by atoms with van der Waals surface area (Å²) in [5.41, 5.74) is 2.48. The lowest BCUT2D eigenvalue weighted by Gasteiger charge is -2.36. The maximum Gasteiger partial charge on any atom is 0.122 e. The van der Waals surface area contributed by atoms with E-state index in [-0.39, 0.29) is 12.0 Å². The first-order valence-corrected chi connectivity index (χ1v) is 9.22. The van der Waals surface area contributed by atoms with E-state index in [0.29, 0.717) is 0 Å². The fourth-order valence-corrected chi connectivity index (χ4v) is 3.88. The number of ether oxygens (including phenoxy) is 1. The molecule has 1 saturated heterocycles. The van der Waals surface area contributed by atoms with E-state index in [4.69, 9.17) is 4.74 Å². The third kappa shape index (κ3) is 4.38. The normalized spacial score (nSPS) is 21.6. The van der Waals surface area contributed by atoms with Crippen LogP contribution < -0.4 is 4.74 Å². The Hall–Kier alpha value is -1.36. The predicted molar refractivity (Wildman–Crippen MR) is 100 cm³/mol. The molecule has 1 heterocycles. The van der Waals surface area contributed by atoms with Gasteiger partial charge in [0.15, 0.2) is 0 Å². The van der Waals surface area contributed by atoms with Crippen molar-refractivity contribution in [3.63, 3.8) is 0 Å². The highest BCUT2D eigenvalue weighted by Gasteiger charge is 2.28. The molecule has 0 saturated carbocycles. The van der Waals surface area contributed by atoms with Gasteiger partial charge in [-0.15, -0.1) is 0 Å². The van der Waals surface area contributed by atoms with Gasteiger partial charge in [-0.05, 0) is 42.2 Å². The molecule has 1 aliphatic heterocycles. The van der Waals surface area contributed by atoms with Crippen LogP contribution in [0.4, 0.5) is 0 Å². The van der Waals surface area contributed by atoms with E-state index < -0.39 is 0 Å². The van der Waals surface area contributed by atoms with E-state index in [1.165, 1.54) is 5.56 Å². The summed E-state index contributed by atoms with van der Waals surface area (Å²) in [6.07, 6.45) is 1.41. The smallest absolute Gasteiger partial charge is 0.122 e. The highest BCUT2D eigenvalue weighted by atomic mass is 79.9. The van der Waals surface area contributed by atoms with Gasteiger partial charge in [0.05, 0.1) is 13.2 Å². The van der Waals surface area contributed by atoms with Gasteiger partial charge in [0.1, 0.15) is 5.75 Å². The monoisotopic (exact) mass is 389 g/mol. The van der Waals surface area contributed by atoms with Crippen molar-refractivity contribution < 1.29 is 9.84 Å². The van der Waals surface area contributed by atoms with Gasteiger partial charge in [-0.25, -0.2) is 0 Å². The van der Waals surface area contributed by atoms with Crippen molar-refractivity contribution in [1.82, 2.24) is 4.90 Å². The minimum absolute atomic E-state index is 0.227. The minimum atomic E-state index is -0.249. The van der Waals surface area contributed by atoms with Crippen LogP contribution in [0.2, 0.25) is 0 Å². The summed E-state index contributed by atoms with van der Waals surface area (Å²) < 4.78 is 6.53. The summed E-state index contributed by atoms with van der Waals surface area (Å²) >= 11 is 3.53. The summed E-state index contributed by atoms with van der Waals surface area (Å²) in [4.78, 5) is 2.44. The number of piperidine rings is 1. The number of methoxy groups -OCH3 is 1. The molecule has 0 aliphatic carbocycles. The summed E-state index contributed by atoms with van der Waals surface area (Å²) in [6.45, 7) is 2.80. The number of benzene rings is 2. The molecular weight excluding hydrogens is 366 g/mol. The molecule has 1 aliphatic rings. The zero-order valence-electron chi connectivity index (χ0n) is 14.0. The van der Waals surface area contributed by atoms with Crippen LogP contribution in [0, 0.1) is 5.92 Å². The van der Waals surface area contributed by atoms with Gasteiger partial charge in [0, 0.05) is 30.0 Å². The van der Waals surface area contributed by atoms with E-state index in [1.54, 1.807) is 7.11 Å². The molecule has 1 N–H and O–H groups in total. The third-order valence-electron chi connectivity index (χ3n) is 4.75. The third-order valence-corrected chi connectivity index (χ3v) is 5.24. The average molecular weight is 390 g/mol. The van der Waals surface area contributed by atoms with Gasteiger partial charge >= 0.3 is 0 Å². The lowest BCUT2D eigenvalue weighted by atomic mass is 9.88. The fourth-order valence-electron chi connectivity index (χ4n) is 3.47. The highest BCUT2D eigenvalue weighted by Crippen LogP contribution is 2.29. The van der Waals surface area contributed by atoms with Crippen LogP contribution >= 0.6 is 15.9 Å². The second-order valence-electron chi connectivity index (χ2n) is 6.50. The Morgan fingerprint density at radius 3 is 2.75 bits per heavy atom. The molecule has 2 atom stereocenters. The fraction of sp³-hybridized carbons (Fsp3) is 0.400. The Kier molecular flexibility index (Phi) is 5.93. The molecule has 0 bridgehead atoms. The van der Waals surface area contributed by atoms with Crippen LogP contribution in [0.25, 0.3) is 0 Å². The Morgan fingerprint density at radius 1 is 1.21 bits per heavy atom.